The topological polar surface area (TPSA) is 65.1 Å². The van der Waals surface area contributed by atoms with Gasteiger partial charge in [0, 0.05) is 13.7 Å². The molecular weight excluding hydrogens is 262 g/mol. The molecule has 0 aromatic heterocycles. The molecule has 6 heteroatoms. The number of nitrogens with zero attached hydrogens (tertiary/aromatic N) is 1. The van der Waals surface area contributed by atoms with Gasteiger partial charge in [0.25, 0.3) is 0 Å². The van der Waals surface area contributed by atoms with Crippen molar-refractivity contribution in [3.05, 3.63) is 0 Å². The van der Waals surface area contributed by atoms with Gasteiger partial charge in [-0.15, -0.1) is 0 Å². The molecule has 1 amide bonds. The van der Waals surface area contributed by atoms with Gasteiger partial charge in [0.1, 0.15) is 5.60 Å². The number of carbonyl (C=O) groups is 2. The summed E-state index contributed by atoms with van der Waals surface area (Å²) >= 11 is 0. The van der Waals surface area contributed by atoms with Crippen molar-refractivity contribution in [3.63, 3.8) is 0 Å². The molecule has 0 bridgehead atoms. The van der Waals surface area contributed by atoms with Crippen molar-refractivity contribution in [2.45, 2.75) is 58.3 Å². The fourth-order valence-electron chi connectivity index (χ4n) is 2.40. The number of ether oxygens (including phenoxy) is 3. The fourth-order valence-corrected chi connectivity index (χ4v) is 2.40. The lowest BCUT2D eigenvalue weighted by Gasteiger charge is -2.36. The molecule has 1 heterocycles. The van der Waals surface area contributed by atoms with Crippen LogP contribution in [0.2, 0.25) is 0 Å². The Kier molecular flexibility index (Phi) is 5.02. The fraction of sp³-hybridized carbons (Fsp3) is 0.857. The van der Waals surface area contributed by atoms with Crippen molar-refractivity contribution in [2.75, 3.05) is 20.3 Å². The lowest BCUT2D eigenvalue weighted by atomic mass is 9.96. The smallest absolute Gasteiger partial charge is 0.411 e. The minimum Gasteiger partial charge on any atom is -0.464 e. The Morgan fingerprint density at radius 3 is 2.40 bits per heavy atom. The maximum Gasteiger partial charge on any atom is 0.411 e. The molecule has 0 spiro atoms. The van der Waals surface area contributed by atoms with Gasteiger partial charge in [0.2, 0.25) is 0 Å². The molecule has 0 aromatic carbocycles. The molecule has 1 fully saturated rings. The summed E-state index contributed by atoms with van der Waals surface area (Å²) in [6.07, 6.45) is -0.341. The summed E-state index contributed by atoms with van der Waals surface area (Å²) in [6.45, 7) is 9.42. The van der Waals surface area contributed by atoms with Gasteiger partial charge < -0.3 is 14.2 Å². The van der Waals surface area contributed by atoms with E-state index in [-0.39, 0.29) is 6.61 Å². The Bertz CT molecular complexity index is 376. The van der Waals surface area contributed by atoms with Gasteiger partial charge in [0.05, 0.1) is 12.7 Å². The predicted molar refractivity (Wildman–Crippen MR) is 73.4 cm³/mol. The monoisotopic (exact) mass is 287 g/mol. The van der Waals surface area contributed by atoms with Gasteiger partial charge in [0.15, 0.2) is 5.54 Å². The summed E-state index contributed by atoms with van der Waals surface area (Å²) in [7, 11) is 1.53. The van der Waals surface area contributed by atoms with Crippen LogP contribution in [0.3, 0.4) is 0 Å². The third-order valence-electron chi connectivity index (χ3n) is 3.39. The van der Waals surface area contributed by atoms with Gasteiger partial charge >= 0.3 is 12.1 Å². The summed E-state index contributed by atoms with van der Waals surface area (Å²) in [5.74, 6) is -0.463. The lowest BCUT2D eigenvalue weighted by Crippen LogP contribution is -2.58. The molecule has 0 N–H and O–H groups in total. The van der Waals surface area contributed by atoms with Crippen LogP contribution in [-0.2, 0) is 19.0 Å². The van der Waals surface area contributed by atoms with Gasteiger partial charge in [-0.2, -0.15) is 0 Å². The first-order valence-electron chi connectivity index (χ1n) is 6.87. The van der Waals surface area contributed by atoms with E-state index in [2.05, 4.69) is 0 Å². The molecule has 0 aliphatic carbocycles. The van der Waals surface area contributed by atoms with Crippen LogP contribution >= 0.6 is 0 Å². The van der Waals surface area contributed by atoms with Crippen LogP contribution in [0.15, 0.2) is 0 Å². The minimum absolute atomic E-state index is 0.257. The number of rotatable bonds is 3. The number of carbonyl (C=O) groups excluding carboxylic acids is 2. The molecule has 116 valence electrons. The van der Waals surface area contributed by atoms with E-state index in [1.54, 1.807) is 34.6 Å². The highest BCUT2D eigenvalue weighted by Gasteiger charge is 2.55. The van der Waals surface area contributed by atoms with Crippen LogP contribution in [0.25, 0.3) is 0 Å². The molecule has 1 aliphatic heterocycles. The zero-order valence-electron chi connectivity index (χ0n) is 13.2. The molecule has 6 nitrogen and oxygen atoms in total. The second-order valence-corrected chi connectivity index (χ2v) is 6.01. The van der Waals surface area contributed by atoms with Crippen molar-refractivity contribution in [3.8, 4) is 0 Å². The van der Waals surface area contributed by atoms with Crippen LogP contribution in [0.1, 0.15) is 41.0 Å². The third kappa shape index (κ3) is 3.23. The molecule has 1 rings (SSSR count). The maximum absolute atomic E-state index is 12.3. The molecule has 1 aliphatic rings. The normalized spacial score (nSPS) is 26.5. The first kappa shape index (κ1) is 16.8. The SMILES string of the molecule is CCOC(=O)[C@@]1(C)[C@H](OC)CCN1C(=O)OC(C)(C)C. The molecular formula is C14H25NO5. The van der Waals surface area contributed by atoms with Crippen molar-refractivity contribution < 1.29 is 23.8 Å². The van der Waals surface area contributed by atoms with Crippen LogP contribution in [0.5, 0.6) is 0 Å². The van der Waals surface area contributed by atoms with E-state index < -0.39 is 29.3 Å². The Morgan fingerprint density at radius 1 is 1.35 bits per heavy atom. The van der Waals surface area contributed by atoms with Crippen molar-refractivity contribution >= 4 is 12.1 Å². The van der Waals surface area contributed by atoms with Crippen LogP contribution < -0.4 is 0 Å². The molecule has 2 atom stereocenters. The van der Waals surface area contributed by atoms with E-state index in [0.717, 1.165) is 0 Å². The number of hydrogen-bond acceptors (Lipinski definition) is 5. The highest BCUT2D eigenvalue weighted by molar-refractivity contribution is 5.87. The Hall–Kier alpha value is -1.30. The van der Waals surface area contributed by atoms with Gasteiger partial charge in [-0.25, -0.2) is 9.59 Å². The maximum atomic E-state index is 12.3. The zero-order chi connectivity index (χ0) is 15.6. The second kappa shape index (κ2) is 5.99. The highest BCUT2D eigenvalue weighted by atomic mass is 16.6. The summed E-state index contributed by atoms with van der Waals surface area (Å²) < 4.78 is 15.8. The van der Waals surface area contributed by atoms with Gasteiger partial charge in [-0.3, -0.25) is 4.90 Å². The summed E-state index contributed by atoms with van der Waals surface area (Å²) in [6, 6.07) is 0. The van der Waals surface area contributed by atoms with Crippen LogP contribution in [0.4, 0.5) is 4.79 Å². The van der Waals surface area contributed by atoms with Gasteiger partial charge in [-0.1, -0.05) is 0 Å². The average molecular weight is 287 g/mol. The first-order chi connectivity index (χ1) is 9.16. The summed E-state index contributed by atoms with van der Waals surface area (Å²) in [5, 5.41) is 0. The molecule has 1 saturated heterocycles. The zero-order valence-corrected chi connectivity index (χ0v) is 13.2. The van der Waals surface area contributed by atoms with E-state index in [1.165, 1.54) is 12.0 Å². The number of esters is 1. The predicted octanol–water partition coefficient (Wildman–Crippen LogP) is 1.96. The van der Waals surface area contributed by atoms with Crippen LogP contribution in [0, 0.1) is 0 Å². The quantitative estimate of drug-likeness (QED) is 0.742. The molecule has 0 aromatic rings. The summed E-state index contributed by atoms with van der Waals surface area (Å²) in [4.78, 5) is 26.0. The summed E-state index contributed by atoms with van der Waals surface area (Å²) in [5.41, 5.74) is -1.76. The minimum atomic E-state index is -1.15. The van der Waals surface area contributed by atoms with E-state index in [4.69, 9.17) is 14.2 Å². The second-order valence-electron chi connectivity index (χ2n) is 6.01. The number of likely N-dealkylation sites (tertiary alicyclic amines) is 1. The molecule has 0 radical (unpaired) electrons. The number of amides is 1. The standard InChI is InChI=1S/C14H25NO5/c1-7-19-11(16)14(5)10(18-6)8-9-15(14)12(17)20-13(2,3)4/h10H,7-9H2,1-6H3/t10-,14-/m1/s1. The van der Waals surface area contributed by atoms with Crippen LogP contribution in [-0.4, -0.2) is 54.5 Å². The molecule has 20 heavy (non-hydrogen) atoms. The van der Waals surface area contributed by atoms with E-state index in [0.29, 0.717) is 13.0 Å². The average Bonchev–Trinajstić information content (AvgIpc) is 2.65. The van der Waals surface area contributed by atoms with Crippen molar-refractivity contribution in [2.24, 2.45) is 0 Å². The Balaban J connectivity index is 3.00. The lowest BCUT2D eigenvalue weighted by molar-refractivity contribution is -0.160. The Morgan fingerprint density at radius 2 is 1.95 bits per heavy atom. The van der Waals surface area contributed by atoms with Crippen molar-refractivity contribution in [1.29, 1.82) is 0 Å². The largest absolute Gasteiger partial charge is 0.464 e. The van der Waals surface area contributed by atoms with E-state index in [1.807, 2.05) is 0 Å². The first-order valence-corrected chi connectivity index (χ1v) is 6.87. The van der Waals surface area contributed by atoms with Gasteiger partial charge in [-0.05, 0) is 41.0 Å². The number of hydrogen-bond donors (Lipinski definition) is 0. The third-order valence-corrected chi connectivity index (χ3v) is 3.39. The van der Waals surface area contributed by atoms with E-state index in [9.17, 15) is 9.59 Å². The highest BCUT2D eigenvalue weighted by Crippen LogP contribution is 2.34. The van der Waals surface area contributed by atoms with E-state index >= 15 is 0 Å². The van der Waals surface area contributed by atoms with Crippen molar-refractivity contribution in [1.82, 2.24) is 4.90 Å². The number of methoxy groups -OCH3 is 1. The molecule has 0 saturated carbocycles. The molecule has 0 unspecified atom stereocenters. The Labute approximate surface area is 120 Å².